The topological polar surface area (TPSA) is 71.4 Å². The minimum atomic E-state index is -0.876. The molecule has 3 aromatic heterocycles. The van der Waals surface area contributed by atoms with Crippen molar-refractivity contribution in [1.29, 1.82) is 0 Å². The van der Waals surface area contributed by atoms with E-state index in [-0.39, 0.29) is 6.54 Å². The number of H-pyrrole nitrogens is 1. The van der Waals surface area contributed by atoms with Crippen molar-refractivity contribution in [2.75, 3.05) is 5.32 Å². The Bertz CT molecular complexity index is 1440. The Hall–Kier alpha value is -4.07. The maximum absolute atomic E-state index is 13.5. The number of hydrogen-bond acceptors (Lipinski definition) is 4. The van der Waals surface area contributed by atoms with Crippen LogP contribution in [0, 0.1) is 18.6 Å². The van der Waals surface area contributed by atoms with Crippen molar-refractivity contribution in [3.05, 3.63) is 83.7 Å². The van der Waals surface area contributed by atoms with Crippen LogP contribution >= 0.6 is 0 Å². The molecular formula is C24H20F2N6. The van der Waals surface area contributed by atoms with Crippen LogP contribution in [-0.4, -0.2) is 24.7 Å². The lowest BCUT2D eigenvalue weighted by atomic mass is 10.1. The number of nitrogens with one attached hydrogen (secondary N) is 2. The molecule has 32 heavy (non-hydrogen) atoms. The number of aryl methyl sites for hydroxylation is 2. The zero-order chi connectivity index (χ0) is 22.2. The number of imidazole rings is 1. The van der Waals surface area contributed by atoms with Crippen LogP contribution in [0.2, 0.25) is 0 Å². The molecule has 0 saturated carbocycles. The van der Waals surface area contributed by atoms with Crippen LogP contribution in [0.1, 0.15) is 11.3 Å². The van der Waals surface area contributed by atoms with Gasteiger partial charge < -0.3 is 10.3 Å². The fraction of sp³-hybridized carbons (Fsp3) is 0.125. The van der Waals surface area contributed by atoms with E-state index in [0.29, 0.717) is 11.5 Å². The first-order chi connectivity index (χ1) is 15.5. The normalized spacial score (nSPS) is 11.2. The smallest absolute Gasteiger partial charge is 0.201 e. The lowest BCUT2D eigenvalue weighted by Crippen LogP contribution is -2.02. The second-order valence-corrected chi connectivity index (χ2v) is 7.62. The maximum Gasteiger partial charge on any atom is 0.201 e. The molecule has 6 nitrogen and oxygen atoms in total. The third-order valence-electron chi connectivity index (χ3n) is 5.31. The van der Waals surface area contributed by atoms with Crippen molar-refractivity contribution in [2.45, 2.75) is 13.5 Å². The number of nitrogens with zero attached hydrogens (tertiary/aromatic N) is 4. The predicted octanol–water partition coefficient (Wildman–Crippen LogP) is 5.22. The first-order valence-electron chi connectivity index (χ1n) is 10.1. The molecule has 0 radical (unpaired) electrons. The highest BCUT2D eigenvalue weighted by Crippen LogP contribution is 2.32. The quantitative estimate of drug-likeness (QED) is 0.401. The summed E-state index contributed by atoms with van der Waals surface area (Å²) in [5, 5.41) is 8.48. The molecule has 5 aromatic rings. The summed E-state index contributed by atoms with van der Waals surface area (Å²) >= 11 is 0. The van der Waals surface area contributed by atoms with Crippen LogP contribution in [0.15, 0.2) is 60.8 Å². The van der Waals surface area contributed by atoms with Gasteiger partial charge in [-0.25, -0.2) is 13.8 Å². The summed E-state index contributed by atoms with van der Waals surface area (Å²) < 4.78 is 28.6. The molecule has 8 heteroatoms. The molecular weight excluding hydrogens is 410 g/mol. The monoisotopic (exact) mass is 430 g/mol. The summed E-state index contributed by atoms with van der Waals surface area (Å²) in [7, 11) is 1.90. The molecule has 0 fully saturated rings. The molecule has 0 unspecified atom stereocenters. The van der Waals surface area contributed by atoms with Crippen LogP contribution in [0.5, 0.6) is 0 Å². The van der Waals surface area contributed by atoms with Gasteiger partial charge in [0.1, 0.15) is 0 Å². The highest BCUT2D eigenvalue weighted by molar-refractivity contribution is 5.87. The molecule has 0 saturated heterocycles. The summed E-state index contributed by atoms with van der Waals surface area (Å²) in [6.45, 7) is 2.22. The Balaban J connectivity index is 1.54. The molecule has 0 amide bonds. The minimum Gasteiger partial charge on any atom is -0.352 e. The Morgan fingerprint density at radius 3 is 2.69 bits per heavy atom. The summed E-state index contributed by atoms with van der Waals surface area (Å²) in [6.07, 6.45) is 1.82. The van der Waals surface area contributed by atoms with Crippen molar-refractivity contribution >= 4 is 16.9 Å². The lowest BCUT2D eigenvalue weighted by Gasteiger charge is -2.04. The third kappa shape index (κ3) is 3.71. The first-order valence-corrected chi connectivity index (χ1v) is 10.1. The van der Waals surface area contributed by atoms with E-state index in [0.717, 1.165) is 45.3 Å². The lowest BCUT2D eigenvalue weighted by molar-refractivity contribution is 0.507. The van der Waals surface area contributed by atoms with Crippen molar-refractivity contribution < 1.29 is 8.78 Å². The average Bonchev–Trinajstić information content (AvgIpc) is 3.38. The standard InChI is InChI=1S/C24H20F2N6/c1-14-4-3-5-20(29-14)23-22(16-7-9-21-17(11-16)13-28-32(21)2)30-24(31-23)27-12-15-6-8-18(25)19(26)10-15/h3-11,13H,12H2,1-2H3,(H2,27,30,31). The van der Waals surface area contributed by atoms with Crippen LogP contribution in [0.25, 0.3) is 33.5 Å². The van der Waals surface area contributed by atoms with Gasteiger partial charge in [-0.3, -0.25) is 9.67 Å². The Morgan fingerprint density at radius 1 is 1.00 bits per heavy atom. The van der Waals surface area contributed by atoms with E-state index < -0.39 is 11.6 Å². The molecule has 2 aromatic carbocycles. The number of aromatic amines is 1. The van der Waals surface area contributed by atoms with E-state index in [1.807, 2.05) is 61.2 Å². The van der Waals surface area contributed by atoms with Crippen molar-refractivity contribution in [1.82, 2.24) is 24.7 Å². The molecule has 0 bridgehead atoms. The number of benzene rings is 2. The Labute approximate surface area is 183 Å². The molecule has 5 rings (SSSR count). The molecule has 0 atom stereocenters. The second kappa shape index (κ2) is 7.88. The summed E-state index contributed by atoms with van der Waals surface area (Å²) in [5.41, 5.74) is 5.71. The first kappa shape index (κ1) is 19.9. The van der Waals surface area contributed by atoms with Crippen LogP contribution in [0.4, 0.5) is 14.7 Å². The zero-order valence-corrected chi connectivity index (χ0v) is 17.5. The fourth-order valence-corrected chi connectivity index (χ4v) is 3.68. The summed E-state index contributed by atoms with van der Waals surface area (Å²) in [4.78, 5) is 12.7. The van der Waals surface area contributed by atoms with Gasteiger partial charge in [-0.2, -0.15) is 5.10 Å². The van der Waals surface area contributed by atoms with Crippen LogP contribution in [0.3, 0.4) is 0 Å². The summed E-state index contributed by atoms with van der Waals surface area (Å²) in [6, 6.07) is 15.7. The van der Waals surface area contributed by atoms with E-state index in [1.54, 1.807) is 0 Å². The highest BCUT2D eigenvalue weighted by Gasteiger charge is 2.16. The minimum absolute atomic E-state index is 0.284. The third-order valence-corrected chi connectivity index (χ3v) is 5.31. The number of pyridine rings is 1. The molecule has 0 aliphatic heterocycles. The number of rotatable bonds is 5. The van der Waals surface area contributed by atoms with Gasteiger partial charge in [0.2, 0.25) is 5.95 Å². The Morgan fingerprint density at radius 2 is 1.88 bits per heavy atom. The number of anilines is 1. The molecule has 0 aliphatic rings. The van der Waals surface area contributed by atoms with Crippen molar-refractivity contribution in [2.24, 2.45) is 7.05 Å². The van der Waals surface area contributed by atoms with E-state index in [2.05, 4.69) is 20.4 Å². The summed E-state index contributed by atoms with van der Waals surface area (Å²) in [5.74, 6) is -1.24. The molecule has 0 aliphatic carbocycles. The second-order valence-electron chi connectivity index (χ2n) is 7.62. The van der Waals surface area contributed by atoms with Gasteiger partial charge in [0.05, 0.1) is 28.8 Å². The van der Waals surface area contributed by atoms with Gasteiger partial charge in [0.15, 0.2) is 11.6 Å². The van der Waals surface area contributed by atoms with Gasteiger partial charge in [0, 0.05) is 30.2 Å². The number of halogens is 2. The van der Waals surface area contributed by atoms with Crippen molar-refractivity contribution in [3.63, 3.8) is 0 Å². The highest BCUT2D eigenvalue weighted by atomic mass is 19.2. The van der Waals surface area contributed by atoms with Crippen LogP contribution < -0.4 is 5.32 Å². The van der Waals surface area contributed by atoms with E-state index in [9.17, 15) is 8.78 Å². The van der Waals surface area contributed by atoms with Gasteiger partial charge >= 0.3 is 0 Å². The van der Waals surface area contributed by atoms with E-state index >= 15 is 0 Å². The van der Waals surface area contributed by atoms with Gasteiger partial charge in [-0.15, -0.1) is 0 Å². The number of hydrogen-bond donors (Lipinski definition) is 2. The maximum atomic E-state index is 13.5. The van der Waals surface area contributed by atoms with E-state index in [1.165, 1.54) is 12.1 Å². The van der Waals surface area contributed by atoms with Crippen molar-refractivity contribution in [3.8, 4) is 22.6 Å². The largest absolute Gasteiger partial charge is 0.352 e. The van der Waals surface area contributed by atoms with Gasteiger partial charge in [0.25, 0.3) is 0 Å². The van der Waals surface area contributed by atoms with Gasteiger partial charge in [-0.1, -0.05) is 18.2 Å². The van der Waals surface area contributed by atoms with Gasteiger partial charge in [-0.05, 0) is 48.9 Å². The zero-order valence-electron chi connectivity index (χ0n) is 17.5. The molecule has 3 heterocycles. The Kier molecular flexibility index (Phi) is 4.89. The molecule has 0 spiro atoms. The number of fused-ring (bicyclic) bond motifs is 1. The SMILES string of the molecule is Cc1cccc(-c2[nH]c(NCc3ccc(F)c(F)c3)nc2-c2ccc3c(cnn3C)c2)n1. The van der Waals surface area contributed by atoms with E-state index in [4.69, 9.17) is 4.98 Å². The molecule has 160 valence electrons. The predicted molar refractivity (Wildman–Crippen MR) is 120 cm³/mol. The fourth-order valence-electron chi connectivity index (χ4n) is 3.68. The number of aromatic nitrogens is 5. The molecule has 2 N–H and O–H groups in total. The van der Waals surface area contributed by atoms with Crippen LogP contribution in [-0.2, 0) is 13.6 Å². The average molecular weight is 430 g/mol.